The number of aromatic nitrogens is 2. The average molecular weight is 467 g/mol. The summed E-state index contributed by atoms with van der Waals surface area (Å²) in [5.41, 5.74) is 0.482. The van der Waals surface area contributed by atoms with Crippen LogP contribution < -0.4 is 10.1 Å². The van der Waals surface area contributed by atoms with Crippen molar-refractivity contribution < 1.29 is 14.3 Å². The Hall–Kier alpha value is -2.68. The number of ether oxygens (including phenoxy) is 2. The van der Waals surface area contributed by atoms with E-state index in [-0.39, 0.29) is 5.91 Å². The SMILES string of the molecule is COc1cccc(CNC(=O)[C@@H]2Cn3ccnc3C3(CCN(Cc4ccc(C)s4)CC3)O2)c1. The molecule has 1 fully saturated rings. The smallest absolute Gasteiger partial charge is 0.251 e. The second-order valence-electron chi connectivity index (χ2n) is 8.86. The molecule has 7 nitrogen and oxygen atoms in total. The van der Waals surface area contributed by atoms with E-state index in [4.69, 9.17) is 9.47 Å². The largest absolute Gasteiger partial charge is 0.497 e. The van der Waals surface area contributed by atoms with Gasteiger partial charge in [0.15, 0.2) is 6.10 Å². The van der Waals surface area contributed by atoms with Gasteiger partial charge in [0, 0.05) is 48.3 Å². The molecular weight excluding hydrogens is 436 g/mol. The second kappa shape index (κ2) is 9.29. The van der Waals surface area contributed by atoms with Gasteiger partial charge in [-0.15, -0.1) is 11.3 Å². The highest BCUT2D eigenvalue weighted by atomic mass is 32.1. The third-order valence-electron chi connectivity index (χ3n) is 6.59. The van der Waals surface area contributed by atoms with Crippen LogP contribution in [0.25, 0.3) is 0 Å². The first-order valence-corrected chi connectivity index (χ1v) is 12.2. The van der Waals surface area contributed by atoms with E-state index in [0.717, 1.165) is 49.6 Å². The maximum atomic E-state index is 13.1. The molecule has 0 aliphatic carbocycles. The lowest BCUT2D eigenvalue weighted by Gasteiger charge is -2.45. The number of rotatable bonds is 6. The van der Waals surface area contributed by atoms with Crippen molar-refractivity contribution in [1.29, 1.82) is 0 Å². The Morgan fingerprint density at radius 3 is 2.91 bits per heavy atom. The van der Waals surface area contributed by atoms with E-state index in [1.54, 1.807) is 7.11 Å². The minimum atomic E-state index is -0.538. The number of carbonyl (C=O) groups is 1. The van der Waals surface area contributed by atoms with Crippen LogP contribution in [0.5, 0.6) is 5.75 Å². The number of piperidine rings is 1. The molecule has 0 saturated carbocycles. The fraction of sp³-hybridized carbons (Fsp3) is 0.440. The van der Waals surface area contributed by atoms with Crippen LogP contribution in [-0.2, 0) is 34.8 Å². The number of methoxy groups -OCH3 is 1. The summed E-state index contributed by atoms with van der Waals surface area (Å²) in [5.74, 6) is 1.64. The Bertz CT molecular complexity index is 1120. The van der Waals surface area contributed by atoms with Gasteiger partial charge in [-0.05, 0) is 49.6 Å². The number of nitrogens with one attached hydrogen (secondary N) is 1. The number of hydrogen-bond donors (Lipinski definition) is 1. The van der Waals surface area contributed by atoms with Crippen LogP contribution in [0.1, 0.15) is 34.0 Å². The number of nitrogens with zero attached hydrogens (tertiary/aromatic N) is 3. The Balaban J connectivity index is 1.25. The number of fused-ring (bicyclic) bond motifs is 2. The van der Waals surface area contributed by atoms with Gasteiger partial charge >= 0.3 is 0 Å². The van der Waals surface area contributed by atoms with Gasteiger partial charge in [0.1, 0.15) is 17.2 Å². The van der Waals surface area contributed by atoms with E-state index in [9.17, 15) is 4.79 Å². The van der Waals surface area contributed by atoms with Gasteiger partial charge in [0.05, 0.1) is 13.7 Å². The molecule has 1 spiro atoms. The first-order valence-electron chi connectivity index (χ1n) is 11.4. The maximum Gasteiger partial charge on any atom is 0.251 e. The Labute approximate surface area is 198 Å². The summed E-state index contributed by atoms with van der Waals surface area (Å²) in [6.07, 6.45) is 4.89. The molecule has 1 N–H and O–H groups in total. The van der Waals surface area contributed by atoms with E-state index in [0.29, 0.717) is 13.1 Å². The van der Waals surface area contributed by atoms with Gasteiger partial charge in [-0.2, -0.15) is 0 Å². The van der Waals surface area contributed by atoms with Crippen molar-refractivity contribution >= 4 is 17.2 Å². The summed E-state index contributed by atoms with van der Waals surface area (Å²) in [6.45, 7) is 5.87. The van der Waals surface area contributed by atoms with E-state index >= 15 is 0 Å². The average Bonchev–Trinajstić information content (AvgIpc) is 3.48. The molecule has 1 amide bonds. The van der Waals surface area contributed by atoms with Crippen molar-refractivity contribution in [3.8, 4) is 5.75 Å². The third kappa shape index (κ3) is 4.69. The fourth-order valence-electron chi connectivity index (χ4n) is 4.82. The van der Waals surface area contributed by atoms with Crippen LogP contribution in [0.4, 0.5) is 0 Å². The van der Waals surface area contributed by atoms with Gasteiger partial charge in [0.2, 0.25) is 0 Å². The molecule has 4 heterocycles. The zero-order valence-corrected chi connectivity index (χ0v) is 19.9. The molecule has 3 aromatic rings. The van der Waals surface area contributed by atoms with Crippen molar-refractivity contribution in [2.45, 2.75) is 51.1 Å². The molecule has 0 bridgehead atoms. The molecule has 33 heavy (non-hydrogen) atoms. The molecular formula is C25H30N4O3S. The monoisotopic (exact) mass is 466 g/mol. The number of amides is 1. The first kappa shape index (κ1) is 22.1. The van der Waals surface area contributed by atoms with E-state index in [1.165, 1.54) is 9.75 Å². The minimum Gasteiger partial charge on any atom is -0.497 e. The van der Waals surface area contributed by atoms with Crippen molar-refractivity contribution in [1.82, 2.24) is 19.8 Å². The van der Waals surface area contributed by atoms with E-state index in [2.05, 4.69) is 38.8 Å². The highest BCUT2D eigenvalue weighted by Gasteiger charge is 2.47. The normalized spacial score (nSPS) is 19.9. The van der Waals surface area contributed by atoms with Gasteiger partial charge < -0.3 is 19.4 Å². The van der Waals surface area contributed by atoms with Crippen molar-refractivity contribution in [2.24, 2.45) is 0 Å². The Morgan fingerprint density at radius 1 is 1.30 bits per heavy atom. The summed E-state index contributed by atoms with van der Waals surface area (Å²) >= 11 is 1.86. The predicted octanol–water partition coefficient (Wildman–Crippen LogP) is 3.47. The zero-order chi connectivity index (χ0) is 22.8. The van der Waals surface area contributed by atoms with E-state index in [1.807, 2.05) is 48.0 Å². The topological polar surface area (TPSA) is 68.6 Å². The third-order valence-corrected chi connectivity index (χ3v) is 7.57. The maximum absolute atomic E-state index is 13.1. The summed E-state index contributed by atoms with van der Waals surface area (Å²) < 4.78 is 13.9. The fourth-order valence-corrected chi connectivity index (χ4v) is 5.76. The van der Waals surface area contributed by atoms with Crippen LogP contribution in [0.15, 0.2) is 48.8 Å². The molecule has 1 atom stereocenters. The molecule has 1 saturated heterocycles. The molecule has 2 aliphatic heterocycles. The van der Waals surface area contributed by atoms with Crippen LogP contribution in [0.2, 0.25) is 0 Å². The number of likely N-dealkylation sites (tertiary alicyclic amines) is 1. The van der Waals surface area contributed by atoms with Gasteiger partial charge in [-0.1, -0.05) is 12.1 Å². The quantitative estimate of drug-likeness (QED) is 0.603. The van der Waals surface area contributed by atoms with Gasteiger partial charge in [0.25, 0.3) is 5.91 Å². The lowest BCUT2D eigenvalue weighted by Crippen LogP contribution is -2.53. The van der Waals surface area contributed by atoms with Crippen molar-refractivity contribution in [3.05, 3.63) is 69.9 Å². The molecule has 174 valence electrons. The van der Waals surface area contributed by atoms with Crippen molar-refractivity contribution in [2.75, 3.05) is 20.2 Å². The van der Waals surface area contributed by atoms with Crippen molar-refractivity contribution in [3.63, 3.8) is 0 Å². The first-order chi connectivity index (χ1) is 16.0. The lowest BCUT2D eigenvalue weighted by atomic mass is 9.88. The van der Waals surface area contributed by atoms with Crippen LogP contribution in [0, 0.1) is 6.92 Å². The zero-order valence-electron chi connectivity index (χ0n) is 19.1. The Morgan fingerprint density at radius 2 is 2.15 bits per heavy atom. The number of thiophene rings is 1. The summed E-state index contributed by atoms with van der Waals surface area (Å²) in [7, 11) is 1.64. The molecule has 0 radical (unpaired) electrons. The van der Waals surface area contributed by atoms with Crippen LogP contribution in [-0.4, -0.2) is 46.7 Å². The van der Waals surface area contributed by atoms with Crippen LogP contribution >= 0.6 is 11.3 Å². The molecule has 1 aromatic carbocycles. The Kier molecular flexibility index (Phi) is 6.23. The highest BCUT2D eigenvalue weighted by molar-refractivity contribution is 7.11. The summed E-state index contributed by atoms with van der Waals surface area (Å²) in [5, 5.41) is 3.05. The van der Waals surface area contributed by atoms with E-state index < -0.39 is 11.7 Å². The minimum absolute atomic E-state index is 0.0898. The molecule has 0 unspecified atom stereocenters. The molecule has 5 rings (SSSR count). The summed E-state index contributed by atoms with van der Waals surface area (Å²) in [6, 6.07) is 12.1. The number of imidazole rings is 1. The number of carbonyl (C=O) groups excluding carboxylic acids is 1. The number of aryl methyl sites for hydroxylation is 1. The lowest BCUT2D eigenvalue weighted by molar-refractivity contribution is -0.174. The second-order valence-corrected chi connectivity index (χ2v) is 10.2. The van der Waals surface area contributed by atoms with Gasteiger partial charge in [-0.25, -0.2) is 4.98 Å². The number of benzene rings is 1. The molecule has 8 heteroatoms. The highest BCUT2D eigenvalue weighted by Crippen LogP contribution is 2.40. The summed E-state index contributed by atoms with van der Waals surface area (Å²) in [4.78, 5) is 22.9. The predicted molar refractivity (Wildman–Crippen MR) is 127 cm³/mol. The molecule has 2 aromatic heterocycles. The van der Waals surface area contributed by atoms with Gasteiger partial charge in [-0.3, -0.25) is 9.69 Å². The molecule has 2 aliphatic rings. The van der Waals surface area contributed by atoms with Crippen LogP contribution in [0.3, 0.4) is 0 Å². The number of hydrogen-bond acceptors (Lipinski definition) is 6. The standard InChI is InChI=1S/C25H30N4O3S/c1-18-6-7-21(33-18)16-28-11-8-25(9-12-28)24-26-10-13-29(24)17-22(32-25)23(30)27-15-19-4-3-5-20(14-19)31-2/h3-7,10,13-14,22H,8-9,11-12,15-17H2,1-2H3,(H,27,30)/t22-/m0/s1.